The van der Waals surface area contributed by atoms with Crippen molar-refractivity contribution in [3.8, 4) is 45.1 Å². The fourth-order valence-electron chi connectivity index (χ4n) is 6.28. The van der Waals surface area contributed by atoms with Gasteiger partial charge in [0.05, 0.1) is 16.9 Å². The molecule has 0 aliphatic rings. The average Bonchev–Trinajstić information content (AvgIpc) is 3.37. The SMILES string of the molecule is CC(C)(C)c1cc(-c2ccc3c4cc(-c5ccccc5)ccc4n(-c4cccc(-c5ccccn5)c4)c3n2)c(O)c(C(C)(C)C)c1. The van der Waals surface area contributed by atoms with Crippen LogP contribution in [0.25, 0.3) is 61.3 Å². The van der Waals surface area contributed by atoms with Crippen molar-refractivity contribution in [2.75, 3.05) is 0 Å². The molecule has 0 radical (unpaired) electrons. The molecule has 3 heterocycles. The van der Waals surface area contributed by atoms with Crippen LogP contribution in [0.2, 0.25) is 0 Å². The Labute approximate surface area is 271 Å². The summed E-state index contributed by atoms with van der Waals surface area (Å²) in [6.45, 7) is 13.1. The molecule has 4 heteroatoms. The number of aromatic hydroxyl groups is 1. The minimum absolute atomic E-state index is 0.0960. The number of hydrogen-bond acceptors (Lipinski definition) is 3. The van der Waals surface area contributed by atoms with Gasteiger partial charge in [0.1, 0.15) is 11.4 Å². The van der Waals surface area contributed by atoms with Gasteiger partial charge in [0.15, 0.2) is 0 Å². The van der Waals surface area contributed by atoms with Gasteiger partial charge in [-0.05, 0) is 82.1 Å². The maximum Gasteiger partial charge on any atom is 0.146 e. The highest BCUT2D eigenvalue weighted by Gasteiger charge is 2.26. The predicted octanol–water partition coefficient (Wildman–Crippen LogP) is 10.9. The molecule has 0 amide bonds. The van der Waals surface area contributed by atoms with Crippen molar-refractivity contribution in [3.63, 3.8) is 0 Å². The van der Waals surface area contributed by atoms with Crippen LogP contribution in [-0.4, -0.2) is 19.6 Å². The lowest BCUT2D eigenvalue weighted by Crippen LogP contribution is -2.17. The van der Waals surface area contributed by atoms with Crippen LogP contribution in [0.3, 0.4) is 0 Å². The second kappa shape index (κ2) is 11.0. The third-order valence-corrected chi connectivity index (χ3v) is 8.85. The molecule has 0 saturated carbocycles. The van der Waals surface area contributed by atoms with Crippen LogP contribution in [-0.2, 0) is 10.8 Å². The number of benzene rings is 4. The Hall–Kier alpha value is -5.22. The highest BCUT2D eigenvalue weighted by molar-refractivity contribution is 6.09. The molecule has 7 rings (SSSR count). The molecular formula is C42H39N3O. The van der Waals surface area contributed by atoms with Gasteiger partial charge in [-0.15, -0.1) is 0 Å². The molecule has 0 spiro atoms. The van der Waals surface area contributed by atoms with Crippen LogP contribution in [0.15, 0.2) is 121 Å². The summed E-state index contributed by atoms with van der Waals surface area (Å²) in [6, 6.07) is 40.1. The fraction of sp³-hybridized carbons (Fsp3) is 0.190. The molecule has 0 aliphatic carbocycles. The quantitative estimate of drug-likeness (QED) is 0.218. The normalized spacial score (nSPS) is 12.2. The minimum Gasteiger partial charge on any atom is -0.507 e. The number of fused-ring (bicyclic) bond motifs is 3. The summed E-state index contributed by atoms with van der Waals surface area (Å²) in [7, 11) is 0. The predicted molar refractivity (Wildman–Crippen MR) is 192 cm³/mol. The van der Waals surface area contributed by atoms with Crippen LogP contribution in [0.5, 0.6) is 5.75 Å². The van der Waals surface area contributed by atoms with Gasteiger partial charge in [0.2, 0.25) is 0 Å². The van der Waals surface area contributed by atoms with Gasteiger partial charge in [0.25, 0.3) is 0 Å². The van der Waals surface area contributed by atoms with E-state index in [0.717, 1.165) is 61.3 Å². The summed E-state index contributed by atoms with van der Waals surface area (Å²) >= 11 is 0. The van der Waals surface area contributed by atoms with E-state index >= 15 is 0 Å². The van der Waals surface area contributed by atoms with Crippen LogP contribution in [0.1, 0.15) is 52.7 Å². The topological polar surface area (TPSA) is 50.9 Å². The Bertz CT molecular complexity index is 2220. The summed E-state index contributed by atoms with van der Waals surface area (Å²) in [5.41, 5.74) is 10.5. The zero-order chi connectivity index (χ0) is 32.2. The number of hydrogen-bond donors (Lipinski definition) is 1. The Morgan fingerprint density at radius 1 is 0.587 bits per heavy atom. The van der Waals surface area contributed by atoms with Crippen LogP contribution in [0, 0.1) is 0 Å². The van der Waals surface area contributed by atoms with Gasteiger partial charge in [0, 0.05) is 39.3 Å². The van der Waals surface area contributed by atoms with Gasteiger partial charge < -0.3 is 5.11 Å². The molecule has 228 valence electrons. The minimum atomic E-state index is -0.237. The first-order valence-corrected chi connectivity index (χ1v) is 15.9. The number of aromatic nitrogens is 3. The van der Waals surface area contributed by atoms with E-state index in [1.165, 1.54) is 11.1 Å². The highest BCUT2D eigenvalue weighted by Crippen LogP contribution is 2.43. The van der Waals surface area contributed by atoms with Crippen molar-refractivity contribution in [2.45, 2.75) is 52.4 Å². The maximum absolute atomic E-state index is 11.7. The van der Waals surface area contributed by atoms with E-state index in [-0.39, 0.29) is 10.8 Å². The molecule has 0 aliphatic heterocycles. The lowest BCUT2D eigenvalue weighted by Gasteiger charge is -2.27. The molecule has 0 fully saturated rings. The molecule has 1 N–H and O–H groups in total. The van der Waals surface area contributed by atoms with Crippen LogP contribution >= 0.6 is 0 Å². The standard InChI is InChI=1S/C42H39N3O/c1-41(2,3)30-25-34(39(46)35(26-30)42(4,5)6)37-20-19-32-33-24-28(27-13-8-7-9-14-27)18-21-38(33)45(40(32)44-37)31-16-12-15-29(23-31)36-17-10-11-22-43-36/h7-26,46H,1-6H3. The summed E-state index contributed by atoms with van der Waals surface area (Å²) in [6.07, 6.45) is 1.82. The van der Waals surface area contributed by atoms with E-state index in [1.54, 1.807) is 0 Å². The summed E-state index contributed by atoms with van der Waals surface area (Å²) in [5.74, 6) is 0.290. The third kappa shape index (κ3) is 5.24. The van der Waals surface area contributed by atoms with Crippen molar-refractivity contribution in [3.05, 3.63) is 133 Å². The van der Waals surface area contributed by atoms with Crippen molar-refractivity contribution < 1.29 is 5.11 Å². The van der Waals surface area contributed by atoms with Gasteiger partial charge in [-0.2, -0.15) is 0 Å². The third-order valence-electron chi connectivity index (χ3n) is 8.85. The molecule has 3 aromatic heterocycles. The maximum atomic E-state index is 11.7. The van der Waals surface area contributed by atoms with E-state index in [2.05, 4.69) is 142 Å². The first kappa shape index (κ1) is 29.5. The lowest BCUT2D eigenvalue weighted by atomic mass is 9.78. The number of phenols is 1. The molecule has 0 atom stereocenters. The Morgan fingerprint density at radius 2 is 1.35 bits per heavy atom. The summed E-state index contributed by atoms with van der Waals surface area (Å²) in [5, 5.41) is 13.9. The van der Waals surface area contributed by atoms with Crippen LogP contribution < -0.4 is 0 Å². The largest absolute Gasteiger partial charge is 0.507 e. The van der Waals surface area contributed by atoms with Crippen molar-refractivity contribution in [1.82, 2.24) is 14.5 Å². The van der Waals surface area contributed by atoms with E-state index in [4.69, 9.17) is 4.98 Å². The molecular weight excluding hydrogens is 562 g/mol. The van der Waals surface area contributed by atoms with Crippen LogP contribution in [0.4, 0.5) is 0 Å². The molecule has 4 aromatic carbocycles. The molecule has 0 unspecified atom stereocenters. The fourth-order valence-corrected chi connectivity index (χ4v) is 6.28. The van der Waals surface area contributed by atoms with E-state index in [0.29, 0.717) is 5.75 Å². The second-order valence-corrected chi connectivity index (χ2v) is 14.2. The molecule has 0 saturated heterocycles. The van der Waals surface area contributed by atoms with Crippen molar-refractivity contribution >= 4 is 21.9 Å². The zero-order valence-electron chi connectivity index (χ0n) is 27.3. The number of phenolic OH excluding ortho intramolecular Hbond substituents is 1. The van der Waals surface area contributed by atoms with Gasteiger partial charge in [-0.3, -0.25) is 9.55 Å². The molecule has 4 nitrogen and oxygen atoms in total. The lowest BCUT2D eigenvalue weighted by molar-refractivity contribution is 0.446. The summed E-state index contributed by atoms with van der Waals surface area (Å²) < 4.78 is 2.24. The first-order valence-electron chi connectivity index (χ1n) is 15.9. The Balaban J connectivity index is 1.52. The van der Waals surface area contributed by atoms with Gasteiger partial charge in [-0.25, -0.2) is 4.98 Å². The molecule has 46 heavy (non-hydrogen) atoms. The monoisotopic (exact) mass is 601 g/mol. The van der Waals surface area contributed by atoms with Gasteiger partial charge >= 0.3 is 0 Å². The molecule has 0 bridgehead atoms. The van der Waals surface area contributed by atoms with Crippen molar-refractivity contribution in [1.29, 1.82) is 0 Å². The molecule has 7 aromatic rings. The smallest absolute Gasteiger partial charge is 0.146 e. The van der Waals surface area contributed by atoms with Crippen molar-refractivity contribution in [2.24, 2.45) is 0 Å². The number of nitrogens with zero attached hydrogens (tertiary/aromatic N) is 3. The average molecular weight is 602 g/mol. The van der Waals surface area contributed by atoms with E-state index in [1.807, 2.05) is 30.5 Å². The highest BCUT2D eigenvalue weighted by atomic mass is 16.3. The first-order chi connectivity index (χ1) is 22.0. The van der Waals surface area contributed by atoms with E-state index in [9.17, 15) is 5.11 Å². The Morgan fingerprint density at radius 3 is 2.07 bits per heavy atom. The Kier molecular flexibility index (Phi) is 7.05. The number of rotatable bonds is 4. The van der Waals surface area contributed by atoms with Gasteiger partial charge in [-0.1, -0.05) is 102 Å². The second-order valence-electron chi connectivity index (χ2n) is 14.2. The zero-order valence-corrected chi connectivity index (χ0v) is 27.3. The van der Waals surface area contributed by atoms with E-state index < -0.39 is 0 Å². The number of pyridine rings is 2. The summed E-state index contributed by atoms with van der Waals surface area (Å²) in [4.78, 5) is 9.97.